The van der Waals surface area contributed by atoms with Gasteiger partial charge in [0.25, 0.3) is 0 Å². The molecule has 0 bridgehead atoms. The predicted octanol–water partition coefficient (Wildman–Crippen LogP) is 1.98. The first-order valence-electron chi connectivity index (χ1n) is 7.46. The summed E-state index contributed by atoms with van der Waals surface area (Å²) in [6.07, 6.45) is -2.30. The van der Waals surface area contributed by atoms with Gasteiger partial charge in [-0.05, 0) is 37.5 Å². The number of halogens is 3. The van der Waals surface area contributed by atoms with Gasteiger partial charge < -0.3 is 28.9 Å². The van der Waals surface area contributed by atoms with Crippen molar-refractivity contribution in [3.05, 3.63) is 23.8 Å². The maximum absolute atomic E-state index is 13.1. The van der Waals surface area contributed by atoms with Crippen LogP contribution in [0.1, 0.15) is 24.8 Å². The largest absolute Gasteiger partial charge is 0.707 e. The highest BCUT2D eigenvalue weighted by molar-refractivity contribution is 6.33. The fraction of sp³-hybridized carbons (Fsp3) is 0.571. The zero-order chi connectivity index (χ0) is 17.6. The summed E-state index contributed by atoms with van der Waals surface area (Å²) in [5.74, 6) is -0.730. The van der Waals surface area contributed by atoms with Crippen LogP contribution in [-0.4, -0.2) is 43.5 Å². The molecule has 10 heteroatoms. The molecule has 6 nitrogen and oxygen atoms in total. The summed E-state index contributed by atoms with van der Waals surface area (Å²) in [5.41, 5.74) is -1.07. The quantitative estimate of drug-likeness (QED) is 0.579. The van der Waals surface area contributed by atoms with E-state index in [9.17, 15) is 13.2 Å². The van der Waals surface area contributed by atoms with Gasteiger partial charge in [0.15, 0.2) is 6.29 Å². The lowest BCUT2D eigenvalue weighted by atomic mass is 10.1. The molecule has 2 N–H and O–H groups in total. The van der Waals surface area contributed by atoms with Gasteiger partial charge in [0.05, 0.1) is 6.61 Å². The minimum Gasteiger partial charge on any atom is -0.512 e. The first-order valence-corrected chi connectivity index (χ1v) is 7.46. The third kappa shape index (κ3) is 5.86. The standard InChI is InChI=1S/C14H18BF3O6/c16-14(17,18)11-9-10(24-15(19)20)4-5-12(11)21-7-8-23-13-3-1-2-6-22-13/h4-5,9,13,19-20H,1-3,6-8H2. The van der Waals surface area contributed by atoms with Crippen LogP contribution in [0.4, 0.5) is 13.2 Å². The third-order valence-corrected chi connectivity index (χ3v) is 3.28. The molecule has 1 unspecified atom stereocenters. The van der Waals surface area contributed by atoms with Gasteiger partial charge >= 0.3 is 13.5 Å². The Balaban J connectivity index is 1.92. The summed E-state index contributed by atoms with van der Waals surface area (Å²) in [6, 6.07) is 2.84. The number of alkyl halides is 3. The average molecular weight is 350 g/mol. The van der Waals surface area contributed by atoms with Crippen LogP contribution in [0.2, 0.25) is 0 Å². The van der Waals surface area contributed by atoms with E-state index in [0.717, 1.165) is 31.4 Å². The van der Waals surface area contributed by atoms with Crippen molar-refractivity contribution in [2.24, 2.45) is 0 Å². The van der Waals surface area contributed by atoms with Crippen molar-refractivity contribution in [1.82, 2.24) is 0 Å². The number of hydrogen-bond acceptors (Lipinski definition) is 6. The maximum Gasteiger partial charge on any atom is 0.707 e. The van der Waals surface area contributed by atoms with E-state index < -0.39 is 24.8 Å². The second-order valence-corrected chi connectivity index (χ2v) is 5.12. The van der Waals surface area contributed by atoms with Gasteiger partial charge in [-0.3, -0.25) is 0 Å². The van der Waals surface area contributed by atoms with Crippen LogP contribution in [0.25, 0.3) is 0 Å². The van der Waals surface area contributed by atoms with Crippen LogP contribution in [0.5, 0.6) is 11.5 Å². The Morgan fingerprint density at radius 3 is 2.62 bits per heavy atom. The summed E-state index contributed by atoms with van der Waals surface area (Å²) in [4.78, 5) is 0. The predicted molar refractivity (Wildman–Crippen MR) is 77.3 cm³/mol. The molecular weight excluding hydrogens is 332 g/mol. The summed E-state index contributed by atoms with van der Waals surface area (Å²) in [7, 11) is -2.21. The molecule has 1 saturated heterocycles. The van der Waals surface area contributed by atoms with E-state index in [1.165, 1.54) is 0 Å². The molecule has 1 aliphatic heterocycles. The first kappa shape index (κ1) is 18.8. The van der Waals surface area contributed by atoms with E-state index in [1.807, 2.05) is 0 Å². The highest BCUT2D eigenvalue weighted by atomic mass is 19.4. The number of ether oxygens (including phenoxy) is 3. The van der Waals surface area contributed by atoms with Crippen molar-refractivity contribution >= 4 is 7.32 Å². The molecule has 134 valence electrons. The van der Waals surface area contributed by atoms with Crippen LogP contribution in [-0.2, 0) is 15.7 Å². The fourth-order valence-corrected chi connectivity index (χ4v) is 2.23. The summed E-state index contributed by atoms with van der Waals surface area (Å²) in [5, 5.41) is 17.3. The molecule has 2 rings (SSSR count). The zero-order valence-electron chi connectivity index (χ0n) is 12.8. The minimum absolute atomic E-state index is 0.0776. The first-order chi connectivity index (χ1) is 11.4. The molecule has 0 aliphatic carbocycles. The summed E-state index contributed by atoms with van der Waals surface area (Å²) >= 11 is 0. The smallest absolute Gasteiger partial charge is 0.512 e. The van der Waals surface area contributed by atoms with Crippen molar-refractivity contribution < 1.29 is 42.1 Å². The summed E-state index contributed by atoms with van der Waals surface area (Å²) < 4.78 is 59.4. The average Bonchev–Trinajstić information content (AvgIpc) is 2.52. The second kappa shape index (κ2) is 8.56. The second-order valence-electron chi connectivity index (χ2n) is 5.12. The lowest BCUT2D eigenvalue weighted by molar-refractivity contribution is -0.166. The lowest BCUT2D eigenvalue weighted by Crippen LogP contribution is -2.24. The third-order valence-electron chi connectivity index (χ3n) is 3.28. The van der Waals surface area contributed by atoms with E-state index in [0.29, 0.717) is 12.7 Å². The molecule has 0 aromatic heterocycles. The molecule has 1 heterocycles. The van der Waals surface area contributed by atoms with Crippen molar-refractivity contribution in [2.75, 3.05) is 19.8 Å². The topological polar surface area (TPSA) is 77.4 Å². The fourth-order valence-electron chi connectivity index (χ4n) is 2.23. The van der Waals surface area contributed by atoms with Crippen LogP contribution in [0.15, 0.2) is 18.2 Å². The normalized spacial score (nSPS) is 18.3. The molecule has 1 aromatic carbocycles. The lowest BCUT2D eigenvalue weighted by Gasteiger charge is -2.23. The minimum atomic E-state index is -4.68. The van der Waals surface area contributed by atoms with Crippen molar-refractivity contribution in [3.63, 3.8) is 0 Å². The van der Waals surface area contributed by atoms with Gasteiger partial charge in [-0.2, -0.15) is 13.2 Å². The summed E-state index contributed by atoms with van der Waals surface area (Å²) in [6.45, 7) is 0.628. The molecule has 1 fully saturated rings. The maximum atomic E-state index is 13.1. The number of rotatable bonds is 7. The molecule has 1 atom stereocenters. The van der Waals surface area contributed by atoms with Crippen LogP contribution >= 0.6 is 0 Å². The molecule has 1 aromatic rings. The Hall–Kier alpha value is -1.49. The Kier molecular flexibility index (Phi) is 6.73. The van der Waals surface area contributed by atoms with Gasteiger partial charge in [-0.15, -0.1) is 0 Å². The van der Waals surface area contributed by atoms with E-state index >= 15 is 0 Å². The van der Waals surface area contributed by atoms with Crippen LogP contribution in [0, 0.1) is 0 Å². The molecule has 24 heavy (non-hydrogen) atoms. The molecule has 0 saturated carbocycles. The van der Waals surface area contributed by atoms with E-state index in [-0.39, 0.29) is 25.3 Å². The Morgan fingerprint density at radius 2 is 2.00 bits per heavy atom. The van der Waals surface area contributed by atoms with E-state index in [1.54, 1.807) is 0 Å². The molecule has 1 aliphatic rings. The van der Waals surface area contributed by atoms with Crippen LogP contribution < -0.4 is 9.39 Å². The zero-order valence-corrected chi connectivity index (χ0v) is 12.8. The molecule has 0 spiro atoms. The highest BCUT2D eigenvalue weighted by Gasteiger charge is 2.35. The molecule has 0 amide bonds. The molecular formula is C14H18BF3O6. The van der Waals surface area contributed by atoms with E-state index in [4.69, 9.17) is 24.3 Å². The Labute approximate surface area is 137 Å². The van der Waals surface area contributed by atoms with Crippen LogP contribution in [0.3, 0.4) is 0 Å². The monoisotopic (exact) mass is 350 g/mol. The highest BCUT2D eigenvalue weighted by Crippen LogP contribution is 2.38. The molecule has 0 radical (unpaired) electrons. The van der Waals surface area contributed by atoms with Gasteiger partial charge in [0, 0.05) is 6.61 Å². The van der Waals surface area contributed by atoms with Crippen molar-refractivity contribution in [3.8, 4) is 11.5 Å². The van der Waals surface area contributed by atoms with E-state index in [2.05, 4.69) is 4.65 Å². The van der Waals surface area contributed by atoms with Gasteiger partial charge in [0.2, 0.25) is 0 Å². The Bertz CT molecular complexity index is 520. The number of hydrogen-bond donors (Lipinski definition) is 2. The van der Waals surface area contributed by atoms with Gasteiger partial charge in [-0.25, -0.2) is 0 Å². The number of benzene rings is 1. The van der Waals surface area contributed by atoms with Gasteiger partial charge in [0.1, 0.15) is 23.7 Å². The Morgan fingerprint density at radius 1 is 1.21 bits per heavy atom. The van der Waals surface area contributed by atoms with Crippen molar-refractivity contribution in [2.45, 2.75) is 31.7 Å². The van der Waals surface area contributed by atoms with Gasteiger partial charge in [-0.1, -0.05) is 0 Å². The van der Waals surface area contributed by atoms with Crippen molar-refractivity contribution in [1.29, 1.82) is 0 Å². The SMILES string of the molecule is OB(O)Oc1ccc(OCCOC2CCCCO2)c(C(F)(F)F)c1.